The van der Waals surface area contributed by atoms with Crippen LogP contribution in [0, 0.1) is 13.8 Å². The van der Waals surface area contributed by atoms with Crippen molar-refractivity contribution in [2.45, 2.75) is 51.5 Å². The van der Waals surface area contributed by atoms with Gasteiger partial charge in [-0.15, -0.1) is 0 Å². The minimum Gasteiger partial charge on any atom is -0.397 e. The molecule has 0 fully saturated rings. The third-order valence-electron chi connectivity index (χ3n) is 3.19. The summed E-state index contributed by atoms with van der Waals surface area (Å²) in [6.45, 7) is 7.49. The van der Waals surface area contributed by atoms with Gasteiger partial charge in [-0.3, -0.25) is 0 Å². The number of sulfonamides is 1. The molecule has 1 rings (SSSR count). The molecule has 0 atom stereocenters. The van der Waals surface area contributed by atoms with Crippen molar-refractivity contribution >= 4 is 15.7 Å². The number of rotatable bonds is 5. The van der Waals surface area contributed by atoms with E-state index in [9.17, 15) is 8.42 Å². The summed E-state index contributed by atoms with van der Waals surface area (Å²) in [6.07, 6.45) is 1.53. The second kappa shape index (κ2) is 5.71. The Morgan fingerprint density at radius 2 is 1.67 bits per heavy atom. The highest BCUT2D eigenvalue weighted by Crippen LogP contribution is 2.26. The van der Waals surface area contributed by atoms with E-state index in [1.165, 1.54) is 0 Å². The third-order valence-corrected chi connectivity index (χ3v) is 4.91. The van der Waals surface area contributed by atoms with Crippen LogP contribution in [0.2, 0.25) is 0 Å². The second-order valence-corrected chi connectivity index (χ2v) is 6.23. The highest BCUT2D eigenvalue weighted by Gasteiger charge is 2.23. The fourth-order valence-corrected chi connectivity index (χ4v) is 3.73. The smallest absolute Gasteiger partial charge is 0.243 e. The SMILES string of the molecule is CCC(CC)NS(=O)(=O)c1c(C)ccc(C)c1N. The van der Waals surface area contributed by atoms with E-state index in [0.717, 1.165) is 18.4 Å². The molecule has 1 aromatic carbocycles. The molecule has 0 unspecified atom stereocenters. The standard InChI is InChI=1S/C13H22N2O2S/c1-5-11(6-2)15-18(16,17)13-10(4)8-7-9(3)12(13)14/h7-8,11,15H,5-6,14H2,1-4H3. The van der Waals surface area contributed by atoms with Crippen LogP contribution in [0.5, 0.6) is 0 Å². The van der Waals surface area contributed by atoms with Gasteiger partial charge < -0.3 is 5.73 Å². The van der Waals surface area contributed by atoms with Crippen molar-refractivity contribution in [1.82, 2.24) is 4.72 Å². The quantitative estimate of drug-likeness (QED) is 0.807. The molecule has 4 nitrogen and oxygen atoms in total. The maximum absolute atomic E-state index is 12.4. The zero-order valence-corrected chi connectivity index (χ0v) is 12.3. The topological polar surface area (TPSA) is 72.2 Å². The Bertz CT molecular complexity index is 520. The molecule has 102 valence electrons. The molecule has 18 heavy (non-hydrogen) atoms. The molecule has 0 aromatic heterocycles. The van der Waals surface area contributed by atoms with Gasteiger partial charge in [-0.2, -0.15) is 0 Å². The minimum atomic E-state index is -3.54. The van der Waals surface area contributed by atoms with E-state index in [1.54, 1.807) is 13.0 Å². The Kier molecular flexibility index (Phi) is 4.76. The number of nitrogens with two attached hydrogens (primary N) is 1. The first-order chi connectivity index (χ1) is 8.33. The average molecular weight is 270 g/mol. The first-order valence-electron chi connectivity index (χ1n) is 6.21. The van der Waals surface area contributed by atoms with Gasteiger partial charge in [-0.25, -0.2) is 13.1 Å². The molecule has 3 N–H and O–H groups in total. The molecule has 0 amide bonds. The van der Waals surface area contributed by atoms with Crippen molar-refractivity contribution in [3.63, 3.8) is 0 Å². The van der Waals surface area contributed by atoms with Gasteiger partial charge in [0.2, 0.25) is 10.0 Å². The predicted octanol–water partition coefficient (Wildman–Crippen LogP) is 2.35. The molecular weight excluding hydrogens is 248 g/mol. The molecule has 0 saturated heterocycles. The van der Waals surface area contributed by atoms with Crippen LogP contribution in [-0.4, -0.2) is 14.5 Å². The number of aryl methyl sites for hydroxylation is 2. The lowest BCUT2D eigenvalue weighted by molar-refractivity contribution is 0.530. The van der Waals surface area contributed by atoms with Gasteiger partial charge >= 0.3 is 0 Å². The number of hydrogen-bond acceptors (Lipinski definition) is 3. The van der Waals surface area contributed by atoms with Crippen molar-refractivity contribution in [1.29, 1.82) is 0 Å². The fraction of sp³-hybridized carbons (Fsp3) is 0.538. The van der Waals surface area contributed by atoms with Crippen molar-refractivity contribution in [3.8, 4) is 0 Å². The van der Waals surface area contributed by atoms with Gasteiger partial charge in [0.25, 0.3) is 0 Å². The molecule has 0 aliphatic heterocycles. The zero-order chi connectivity index (χ0) is 13.9. The first-order valence-corrected chi connectivity index (χ1v) is 7.69. The molecule has 1 aromatic rings. The van der Waals surface area contributed by atoms with Crippen LogP contribution in [0.1, 0.15) is 37.8 Å². The van der Waals surface area contributed by atoms with Crippen LogP contribution >= 0.6 is 0 Å². The molecule has 5 heteroatoms. The summed E-state index contributed by atoms with van der Waals surface area (Å²) in [4.78, 5) is 0.217. The van der Waals surface area contributed by atoms with Crippen LogP contribution in [0.15, 0.2) is 17.0 Å². The van der Waals surface area contributed by atoms with Crippen molar-refractivity contribution < 1.29 is 8.42 Å². The van der Waals surface area contributed by atoms with Gasteiger partial charge in [0, 0.05) is 6.04 Å². The van der Waals surface area contributed by atoms with Crippen LogP contribution in [0.25, 0.3) is 0 Å². The number of anilines is 1. The molecule has 0 radical (unpaired) electrons. The first kappa shape index (κ1) is 15.0. The summed E-state index contributed by atoms with van der Waals surface area (Å²) < 4.78 is 27.4. The molecule has 0 heterocycles. The predicted molar refractivity (Wildman–Crippen MR) is 75.0 cm³/mol. The molecule has 0 aliphatic carbocycles. The maximum Gasteiger partial charge on any atom is 0.243 e. The van der Waals surface area contributed by atoms with E-state index in [-0.39, 0.29) is 10.9 Å². The molecular formula is C13H22N2O2S. The average Bonchev–Trinajstić information content (AvgIpc) is 2.31. The number of benzene rings is 1. The summed E-state index contributed by atoms with van der Waals surface area (Å²) in [5.74, 6) is 0. The largest absolute Gasteiger partial charge is 0.397 e. The number of hydrogen-bond donors (Lipinski definition) is 2. The van der Waals surface area contributed by atoms with Gasteiger partial charge in [-0.05, 0) is 37.8 Å². The zero-order valence-electron chi connectivity index (χ0n) is 11.4. The van der Waals surface area contributed by atoms with E-state index < -0.39 is 10.0 Å². The van der Waals surface area contributed by atoms with Crippen LogP contribution in [0.4, 0.5) is 5.69 Å². The molecule has 0 bridgehead atoms. The van der Waals surface area contributed by atoms with Crippen molar-refractivity contribution in [2.24, 2.45) is 0 Å². The van der Waals surface area contributed by atoms with Gasteiger partial charge in [0.05, 0.1) is 5.69 Å². The molecule has 0 spiro atoms. The molecule has 0 aliphatic rings. The Hall–Kier alpha value is -1.07. The lowest BCUT2D eigenvalue weighted by Crippen LogP contribution is -2.34. The summed E-state index contributed by atoms with van der Waals surface area (Å²) in [5, 5.41) is 0. The second-order valence-electron chi connectivity index (χ2n) is 4.58. The van der Waals surface area contributed by atoms with Crippen LogP contribution in [0.3, 0.4) is 0 Å². The lowest BCUT2D eigenvalue weighted by atomic mass is 10.1. The number of nitrogens with one attached hydrogen (secondary N) is 1. The van der Waals surface area contributed by atoms with Crippen molar-refractivity contribution in [2.75, 3.05) is 5.73 Å². The van der Waals surface area contributed by atoms with E-state index in [2.05, 4.69) is 4.72 Å². The third kappa shape index (κ3) is 3.03. The lowest BCUT2D eigenvalue weighted by Gasteiger charge is -2.18. The van der Waals surface area contributed by atoms with E-state index in [4.69, 9.17) is 5.73 Å². The number of nitrogen functional groups attached to an aromatic ring is 1. The van der Waals surface area contributed by atoms with Crippen molar-refractivity contribution in [3.05, 3.63) is 23.3 Å². The Labute approximate surface area is 110 Å². The minimum absolute atomic E-state index is 0.0469. The van der Waals surface area contributed by atoms with Gasteiger partial charge in [0.15, 0.2) is 0 Å². The Morgan fingerprint density at radius 1 is 1.17 bits per heavy atom. The summed E-state index contributed by atoms with van der Waals surface area (Å²) in [7, 11) is -3.54. The van der Waals surface area contributed by atoms with Gasteiger partial charge in [0.1, 0.15) is 4.90 Å². The van der Waals surface area contributed by atoms with E-state index >= 15 is 0 Å². The van der Waals surface area contributed by atoms with Crippen LogP contribution < -0.4 is 10.5 Å². The highest BCUT2D eigenvalue weighted by molar-refractivity contribution is 7.89. The monoisotopic (exact) mass is 270 g/mol. The Morgan fingerprint density at radius 3 is 2.17 bits per heavy atom. The van der Waals surface area contributed by atoms with E-state index in [1.807, 2.05) is 26.8 Å². The highest BCUT2D eigenvalue weighted by atomic mass is 32.2. The summed E-state index contributed by atoms with van der Waals surface area (Å²) in [6, 6.07) is 3.57. The van der Waals surface area contributed by atoms with Crippen LogP contribution in [-0.2, 0) is 10.0 Å². The van der Waals surface area contributed by atoms with E-state index in [0.29, 0.717) is 11.3 Å². The van der Waals surface area contributed by atoms with Gasteiger partial charge in [-0.1, -0.05) is 26.0 Å². The molecule has 0 saturated carbocycles. The Balaban J connectivity index is 3.25. The normalized spacial score (nSPS) is 12.1. The maximum atomic E-state index is 12.4. The summed E-state index contributed by atoms with van der Waals surface area (Å²) in [5.41, 5.74) is 7.71. The summed E-state index contributed by atoms with van der Waals surface area (Å²) >= 11 is 0. The fourth-order valence-electron chi connectivity index (χ4n) is 1.90.